The van der Waals surface area contributed by atoms with Crippen molar-refractivity contribution in [2.75, 3.05) is 13.2 Å². The van der Waals surface area contributed by atoms with Gasteiger partial charge in [0.05, 0.1) is 24.2 Å². The van der Waals surface area contributed by atoms with E-state index in [4.69, 9.17) is 9.31 Å². The summed E-state index contributed by atoms with van der Waals surface area (Å²) in [5.74, 6) is 0. The number of aromatic nitrogens is 1. The lowest BCUT2D eigenvalue weighted by molar-refractivity contribution is 0.365. The number of rotatable bonds is 1. The lowest BCUT2D eigenvalue weighted by Crippen LogP contribution is -2.34. The van der Waals surface area contributed by atoms with Gasteiger partial charge in [0.1, 0.15) is 0 Å². The first kappa shape index (κ1) is 16.7. The average molecular weight is 335 g/mol. The predicted octanol–water partition coefficient (Wildman–Crippen LogP) is 3.92. The van der Waals surface area contributed by atoms with Crippen LogP contribution in [-0.4, -0.2) is 24.9 Å². The first-order valence-electron chi connectivity index (χ1n) is 9.06. The van der Waals surface area contributed by atoms with Crippen LogP contribution in [0.1, 0.15) is 33.4 Å². The molecule has 2 heterocycles. The highest BCUT2D eigenvalue weighted by atomic mass is 16.6. The van der Waals surface area contributed by atoms with Gasteiger partial charge in [0.2, 0.25) is 0 Å². The zero-order valence-corrected chi connectivity index (χ0v) is 16.3. The number of nitrogens with zero attached hydrogens (tertiary/aromatic N) is 1. The maximum absolute atomic E-state index is 5.81. The molecule has 2 aromatic carbocycles. The van der Waals surface area contributed by atoms with Crippen LogP contribution >= 0.6 is 0 Å². The van der Waals surface area contributed by atoms with Gasteiger partial charge in [0, 0.05) is 17.8 Å². The minimum absolute atomic E-state index is 0.230. The Balaban J connectivity index is 2.23. The molecule has 3 nitrogen and oxygen atoms in total. The second-order valence-corrected chi connectivity index (χ2v) is 7.49. The van der Waals surface area contributed by atoms with Gasteiger partial charge in [0.25, 0.3) is 0 Å². The van der Waals surface area contributed by atoms with Crippen molar-refractivity contribution in [1.29, 1.82) is 0 Å². The summed E-state index contributed by atoms with van der Waals surface area (Å²) < 4.78 is 14.0. The van der Waals surface area contributed by atoms with E-state index >= 15 is 0 Å². The summed E-state index contributed by atoms with van der Waals surface area (Å²) >= 11 is 0. The van der Waals surface area contributed by atoms with Crippen molar-refractivity contribution < 1.29 is 9.31 Å². The molecular formula is C21H26BNO2. The monoisotopic (exact) mass is 335 g/mol. The van der Waals surface area contributed by atoms with E-state index in [0.29, 0.717) is 13.2 Å². The number of hydrogen-bond donors (Lipinski definition) is 0. The minimum Gasteiger partial charge on any atom is -0.405 e. The SMILES string of the molecule is Cc1c(C)c(C)c2c(c1C)c1c(C)c(B3OCCO3)cc(C)c1n2C. The van der Waals surface area contributed by atoms with Crippen molar-refractivity contribution in [3.05, 3.63) is 39.4 Å². The Kier molecular flexibility index (Phi) is 3.75. The quantitative estimate of drug-likeness (QED) is 0.629. The normalized spacial score (nSPS) is 15.1. The molecule has 0 aliphatic carbocycles. The van der Waals surface area contributed by atoms with Crippen LogP contribution in [0.4, 0.5) is 0 Å². The van der Waals surface area contributed by atoms with Gasteiger partial charge in [-0.15, -0.1) is 0 Å². The van der Waals surface area contributed by atoms with Gasteiger partial charge in [-0.2, -0.15) is 0 Å². The Hall–Kier alpha value is -1.78. The average Bonchev–Trinajstić information content (AvgIpc) is 3.21. The zero-order chi connectivity index (χ0) is 18.0. The van der Waals surface area contributed by atoms with E-state index in [-0.39, 0.29) is 7.12 Å². The molecule has 0 spiro atoms. The van der Waals surface area contributed by atoms with Gasteiger partial charge in [0.15, 0.2) is 0 Å². The van der Waals surface area contributed by atoms with Crippen LogP contribution in [0.3, 0.4) is 0 Å². The number of aryl methyl sites for hydroxylation is 5. The standard InChI is InChI=1S/C21H26BNO2/c1-11-10-17(22-24-8-9-25-22)16(6)19-18-14(4)12(2)13(3)15(5)21(18)23(7)20(11)19/h10H,8-9H2,1-7H3. The van der Waals surface area contributed by atoms with Crippen LogP contribution in [0.5, 0.6) is 0 Å². The largest absolute Gasteiger partial charge is 0.494 e. The van der Waals surface area contributed by atoms with Crippen LogP contribution in [0.2, 0.25) is 0 Å². The summed E-state index contributed by atoms with van der Waals surface area (Å²) in [5, 5.41) is 2.74. The third-order valence-corrected chi connectivity index (χ3v) is 6.24. The second-order valence-electron chi connectivity index (χ2n) is 7.49. The van der Waals surface area contributed by atoms with E-state index in [1.54, 1.807) is 0 Å². The van der Waals surface area contributed by atoms with Gasteiger partial charge >= 0.3 is 7.12 Å². The fourth-order valence-corrected chi connectivity index (χ4v) is 4.58. The lowest BCUT2D eigenvalue weighted by atomic mass is 9.74. The fourth-order valence-electron chi connectivity index (χ4n) is 4.58. The summed E-state index contributed by atoms with van der Waals surface area (Å²) in [6.45, 7) is 14.7. The van der Waals surface area contributed by atoms with Crippen molar-refractivity contribution in [3.63, 3.8) is 0 Å². The molecule has 1 aromatic heterocycles. The van der Waals surface area contributed by atoms with E-state index in [1.165, 1.54) is 60.6 Å². The van der Waals surface area contributed by atoms with Crippen LogP contribution in [-0.2, 0) is 16.4 Å². The number of benzene rings is 2. The molecular weight excluding hydrogens is 309 g/mol. The molecule has 0 amide bonds. The highest BCUT2D eigenvalue weighted by Crippen LogP contribution is 2.38. The summed E-state index contributed by atoms with van der Waals surface area (Å²) in [6.07, 6.45) is 0. The summed E-state index contributed by atoms with van der Waals surface area (Å²) in [7, 11) is 1.96. The van der Waals surface area contributed by atoms with Crippen LogP contribution in [0, 0.1) is 41.5 Å². The predicted molar refractivity (Wildman–Crippen MR) is 106 cm³/mol. The Morgan fingerprint density at radius 2 is 1.32 bits per heavy atom. The summed E-state index contributed by atoms with van der Waals surface area (Å²) in [4.78, 5) is 0. The first-order chi connectivity index (χ1) is 11.8. The smallest absolute Gasteiger partial charge is 0.405 e. The molecule has 1 aliphatic heterocycles. The van der Waals surface area contributed by atoms with Crippen molar-refractivity contribution in [2.45, 2.75) is 41.5 Å². The Morgan fingerprint density at radius 3 is 1.96 bits per heavy atom. The van der Waals surface area contributed by atoms with Crippen LogP contribution < -0.4 is 5.46 Å². The highest BCUT2D eigenvalue weighted by Gasteiger charge is 2.30. The molecule has 4 heteroatoms. The van der Waals surface area contributed by atoms with Crippen molar-refractivity contribution >= 4 is 34.4 Å². The minimum atomic E-state index is -0.230. The summed E-state index contributed by atoms with van der Waals surface area (Å²) in [5.41, 5.74) is 12.0. The van der Waals surface area contributed by atoms with E-state index in [2.05, 4.69) is 59.2 Å². The molecule has 130 valence electrons. The lowest BCUT2D eigenvalue weighted by Gasteiger charge is -2.14. The van der Waals surface area contributed by atoms with Gasteiger partial charge in [-0.05, 0) is 80.4 Å². The molecule has 4 rings (SSSR count). The Bertz CT molecular complexity index is 1030. The van der Waals surface area contributed by atoms with Crippen LogP contribution in [0.25, 0.3) is 21.8 Å². The number of fused-ring (bicyclic) bond motifs is 3. The van der Waals surface area contributed by atoms with E-state index in [0.717, 1.165) is 0 Å². The summed E-state index contributed by atoms with van der Waals surface area (Å²) in [6, 6.07) is 2.25. The Morgan fingerprint density at radius 1 is 0.760 bits per heavy atom. The third kappa shape index (κ3) is 2.14. The fraction of sp³-hybridized carbons (Fsp3) is 0.429. The molecule has 0 saturated carbocycles. The molecule has 3 aromatic rings. The molecule has 0 N–H and O–H groups in total. The van der Waals surface area contributed by atoms with E-state index in [1.807, 2.05) is 0 Å². The van der Waals surface area contributed by atoms with Gasteiger partial charge in [-0.25, -0.2) is 0 Å². The van der Waals surface area contributed by atoms with Crippen molar-refractivity contribution in [1.82, 2.24) is 4.57 Å². The Labute approximate surface area is 150 Å². The third-order valence-electron chi connectivity index (χ3n) is 6.24. The van der Waals surface area contributed by atoms with Gasteiger partial charge in [-0.1, -0.05) is 6.07 Å². The highest BCUT2D eigenvalue weighted by molar-refractivity contribution is 6.62. The molecule has 25 heavy (non-hydrogen) atoms. The van der Waals surface area contributed by atoms with Gasteiger partial charge in [-0.3, -0.25) is 0 Å². The zero-order valence-electron chi connectivity index (χ0n) is 16.3. The first-order valence-corrected chi connectivity index (χ1v) is 9.06. The van der Waals surface area contributed by atoms with E-state index in [9.17, 15) is 0 Å². The molecule has 0 bridgehead atoms. The molecule has 1 aliphatic rings. The van der Waals surface area contributed by atoms with Crippen LogP contribution in [0.15, 0.2) is 6.07 Å². The maximum atomic E-state index is 5.81. The van der Waals surface area contributed by atoms with Gasteiger partial charge < -0.3 is 13.9 Å². The van der Waals surface area contributed by atoms with E-state index < -0.39 is 0 Å². The molecule has 0 unspecified atom stereocenters. The molecule has 1 saturated heterocycles. The van der Waals surface area contributed by atoms with Crippen molar-refractivity contribution in [3.8, 4) is 0 Å². The molecule has 0 atom stereocenters. The molecule has 1 fully saturated rings. The van der Waals surface area contributed by atoms with Crippen molar-refractivity contribution in [2.24, 2.45) is 7.05 Å². The molecule has 0 radical (unpaired) electrons. The maximum Gasteiger partial charge on any atom is 0.494 e. The second kappa shape index (κ2) is 5.62. The topological polar surface area (TPSA) is 23.4 Å². The number of hydrogen-bond acceptors (Lipinski definition) is 2.